The molecule has 0 saturated heterocycles. The number of nitrogens with one attached hydrogen (secondary N) is 1. The zero-order valence-corrected chi connectivity index (χ0v) is 13.3. The van der Waals surface area contributed by atoms with Crippen molar-refractivity contribution in [3.8, 4) is 0 Å². The first kappa shape index (κ1) is 15.5. The van der Waals surface area contributed by atoms with Gasteiger partial charge in [0.1, 0.15) is 0 Å². The van der Waals surface area contributed by atoms with E-state index in [-0.39, 0.29) is 11.6 Å². The van der Waals surface area contributed by atoms with Gasteiger partial charge in [-0.2, -0.15) is 0 Å². The molecule has 0 aliphatic heterocycles. The molecule has 0 bridgehead atoms. The van der Waals surface area contributed by atoms with Crippen LogP contribution in [0.4, 0.5) is 11.4 Å². The number of benzene rings is 2. The summed E-state index contributed by atoms with van der Waals surface area (Å²) in [5, 5.41) is 14.2. The van der Waals surface area contributed by atoms with E-state index in [4.69, 9.17) is 11.6 Å². The van der Waals surface area contributed by atoms with E-state index in [0.717, 1.165) is 24.0 Å². The summed E-state index contributed by atoms with van der Waals surface area (Å²) in [5.74, 6) is -0.100. The first-order valence-corrected chi connectivity index (χ1v) is 7.63. The molecule has 5 nitrogen and oxygen atoms in total. The highest BCUT2D eigenvalue weighted by atomic mass is 35.5. The number of amides is 1. The maximum Gasteiger partial charge on any atom is 0.269 e. The highest BCUT2D eigenvalue weighted by molar-refractivity contribution is 6.31. The Labute approximate surface area is 138 Å². The van der Waals surface area contributed by atoms with Crippen molar-refractivity contribution in [3.05, 3.63) is 68.7 Å². The highest BCUT2D eigenvalue weighted by Gasteiger charge is 2.51. The molecule has 2 aromatic rings. The molecule has 0 spiro atoms. The smallest absolute Gasteiger partial charge is 0.269 e. The number of nitrogens with zero attached hydrogens (tertiary/aromatic N) is 1. The number of anilines is 1. The van der Waals surface area contributed by atoms with Crippen molar-refractivity contribution in [2.45, 2.75) is 25.2 Å². The number of carbonyl (C=O) groups excluding carboxylic acids is 1. The summed E-state index contributed by atoms with van der Waals surface area (Å²) in [5.41, 5.74) is 1.86. The van der Waals surface area contributed by atoms with Crippen LogP contribution in [0.25, 0.3) is 0 Å². The monoisotopic (exact) mass is 330 g/mol. The summed E-state index contributed by atoms with van der Waals surface area (Å²) >= 11 is 5.98. The number of nitro benzene ring substituents is 1. The van der Waals surface area contributed by atoms with E-state index >= 15 is 0 Å². The molecule has 2 aromatic carbocycles. The van der Waals surface area contributed by atoms with E-state index in [0.29, 0.717) is 10.7 Å². The van der Waals surface area contributed by atoms with Crippen LogP contribution in [0.1, 0.15) is 24.0 Å². The number of aryl methyl sites for hydroxylation is 1. The number of non-ortho nitro benzene ring substituents is 1. The molecule has 0 unspecified atom stereocenters. The third-order valence-corrected chi connectivity index (χ3v) is 4.50. The van der Waals surface area contributed by atoms with E-state index in [9.17, 15) is 14.9 Å². The van der Waals surface area contributed by atoms with Crippen molar-refractivity contribution in [1.29, 1.82) is 0 Å². The summed E-state index contributed by atoms with van der Waals surface area (Å²) in [7, 11) is 0. The minimum Gasteiger partial charge on any atom is -0.325 e. The number of nitro groups is 1. The molecular formula is C17H15ClN2O3. The molecule has 0 radical (unpaired) electrons. The molecule has 1 aliphatic rings. The Morgan fingerprint density at radius 3 is 2.43 bits per heavy atom. The zero-order valence-electron chi connectivity index (χ0n) is 12.5. The van der Waals surface area contributed by atoms with Gasteiger partial charge >= 0.3 is 0 Å². The molecule has 0 aromatic heterocycles. The molecule has 6 heteroatoms. The van der Waals surface area contributed by atoms with Gasteiger partial charge in [-0.1, -0.05) is 29.8 Å². The minimum atomic E-state index is -0.593. The van der Waals surface area contributed by atoms with Crippen LogP contribution < -0.4 is 5.32 Å². The first-order chi connectivity index (χ1) is 10.9. The van der Waals surface area contributed by atoms with Crippen LogP contribution in [0.5, 0.6) is 0 Å². The second-order valence-corrected chi connectivity index (χ2v) is 6.24. The minimum absolute atomic E-state index is 0.0237. The lowest BCUT2D eigenvalue weighted by molar-refractivity contribution is -0.384. The number of hydrogen-bond donors (Lipinski definition) is 1. The quantitative estimate of drug-likeness (QED) is 0.673. The van der Waals surface area contributed by atoms with Crippen LogP contribution >= 0.6 is 11.6 Å². The van der Waals surface area contributed by atoms with Crippen LogP contribution in [-0.2, 0) is 10.2 Å². The van der Waals surface area contributed by atoms with Crippen LogP contribution in [0.2, 0.25) is 5.02 Å². The van der Waals surface area contributed by atoms with Crippen molar-refractivity contribution in [1.82, 2.24) is 0 Å². The SMILES string of the molecule is Cc1ccc(Cl)cc1NC(=O)C1(c2ccc([N+](=O)[O-])cc2)CC1. The number of carbonyl (C=O) groups is 1. The van der Waals surface area contributed by atoms with Gasteiger partial charge in [-0.05, 0) is 43.0 Å². The summed E-state index contributed by atoms with van der Waals surface area (Å²) in [6.45, 7) is 1.90. The fourth-order valence-corrected chi connectivity index (χ4v) is 2.82. The maximum absolute atomic E-state index is 12.7. The van der Waals surface area contributed by atoms with Gasteiger partial charge in [0.15, 0.2) is 0 Å². The van der Waals surface area contributed by atoms with Gasteiger partial charge in [-0.3, -0.25) is 14.9 Å². The Kier molecular flexibility index (Phi) is 3.82. The van der Waals surface area contributed by atoms with Crippen molar-refractivity contribution in [2.24, 2.45) is 0 Å². The largest absolute Gasteiger partial charge is 0.325 e. The molecule has 1 saturated carbocycles. The predicted molar refractivity (Wildman–Crippen MR) is 88.8 cm³/mol. The van der Waals surface area contributed by atoms with Crippen molar-refractivity contribution in [3.63, 3.8) is 0 Å². The van der Waals surface area contributed by atoms with Gasteiger partial charge < -0.3 is 5.32 Å². The zero-order chi connectivity index (χ0) is 16.6. The normalized spacial score (nSPS) is 15.0. The standard InChI is InChI=1S/C17H15ClN2O3/c1-11-2-5-13(18)10-15(11)19-16(21)17(8-9-17)12-3-6-14(7-4-12)20(22)23/h2-7,10H,8-9H2,1H3,(H,19,21). The lowest BCUT2D eigenvalue weighted by Gasteiger charge is -2.17. The second-order valence-electron chi connectivity index (χ2n) is 5.80. The van der Waals surface area contributed by atoms with Gasteiger partial charge in [0.05, 0.1) is 10.3 Å². The number of rotatable bonds is 4. The molecule has 1 fully saturated rings. The molecule has 23 heavy (non-hydrogen) atoms. The fourth-order valence-electron chi connectivity index (χ4n) is 2.64. The van der Waals surface area contributed by atoms with Crippen LogP contribution in [0.3, 0.4) is 0 Å². The molecular weight excluding hydrogens is 316 g/mol. The maximum atomic E-state index is 12.7. The lowest BCUT2D eigenvalue weighted by Crippen LogP contribution is -2.28. The van der Waals surface area contributed by atoms with Crippen LogP contribution in [-0.4, -0.2) is 10.8 Å². The molecule has 0 heterocycles. The Morgan fingerprint density at radius 2 is 1.87 bits per heavy atom. The Morgan fingerprint density at radius 1 is 1.22 bits per heavy atom. The Bertz CT molecular complexity index is 783. The number of hydrogen-bond acceptors (Lipinski definition) is 3. The molecule has 1 N–H and O–H groups in total. The van der Waals surface area contributed by atoms with E-state index in [2.05, 4.69) is 5.32 Å². The van der Waals surface area contributed by atoms with E-state index in [1.807, 2.05) is 13.0 Å². The Balaban J connectivity index is 1.83. The van der Waals surface area contributed by atoms with Crippen LogP contribution in [0.15, 0.2) is 42.5 Å². The van der Waals surface area contributed by atoms with Gasteiger partial charge in [0.25, 0.3) is 5.69 Å². The number of halogens is 1. The molecule has 0 atom stereocenters. The van der Waals surface area contributed by atoms with Gasteiger partial charge in [0.2, 0.25) is 5.91 Å². The third kappa shape index (κ3) is 2.92. The molecule has 1 amide bonds. The Hall–Kier alpha value is -2.40. The van der Waals surface area contributed by atoms with Crippen LogP contribution in [0, 0.1) is 17.0 Å². The topological polar surface area (TPSA) is 72.2 Å². The predicted octanol–water partition coefficient (Wildman–Crippen LogP) is 4.23. The van der Waals surface area contributed by atoms with E-state index < -0.39 is 10.3 Å². The highest BCUT2D eigenvalue weighted by Crippen LogP contribution is 2.49. The van der Waals surface area contributed by atoms with Crippen molar-refractivity contribution < 1.29 is 9.72 Å². The van der Waals surface area contributed by atoms with Gasteiger partial charge in [-0.15, -0.1) is 0 Å². The summed E-state index contributed by atoms with van der Waals surface area (Å²) < 4.78 is 0. The van der Waals surface area contributed by atoms with Crippen molar-refractivity contribution >= 4 is 28.9 Å². The summed E-state index contributed by atoms with van der Waals surface area (Å²) in [6.07, 6.45) is 1.46. The molecule has 3 rings (SSSR count). The van der Waals surface area contributed by atoms with Crippen molar-refractivity contribution in [2.75, 3.05) is 5.32 Å². The third-order valence-electron chi connectivity index (χ3n) is 4.26. The molecule has 1 aliphatic carbocycles. The second kappa shape index (κ2) is 5.66. The fraction of sp³-hybridized carbons (Fsp3) is 0.235. The summed E-state index contributed by atoms with van der Waals surface area (Å²) in [6, 6.07) is 11.5. The average Bonchev–Trinajstić information content (AvgIpc) is 3.33. The average molecular weight is 331 g/mol. The molecule has 118 valence electrons. The van der Waals surface area contributed by atoms with E-state index in [1.54, 1.807) is 24.3 Å². The summed E-state index contributed by atoms with van der Waals surface area (Å²) in [4.78, 5) is 23.0. The lowest BCUT2D eigenvalue weighted by atomic mass is 9.94. The van der Waals surface area contributed by atoms with E-state index in [1.165, 1.54) is 12.1 Å². The van der Waals surface area contributed by atoms with Gasteiger partial charge in [0, 0.05) is 22.8 Å². The first-order valence-electron chi connectivity index (χ1n) is 7.25. The van der Waals surface area contributed by atoms with Gasteiger partial charge in [-0.25, -0.2) is 0 Å².